The van der Waals surface area contributed by atoms with Gasteiger partial charge in [0.05, 0.1) is 23.8 Å². The van der Waals surface area contributed by atoms with Crippen molar-refractivity contribution in [1.82, 2.24) is 20.2 Å². The lowest BCUT2D eigenvalue weighted by Crippen LogP contribution is -2.32. The third-order valence-corrected chi connectivity index (χ3v) is 5.66. The van der Waals surface area contributed by atoms with E-state index in [9.17, 15) is 0 Å². The monoisotopic (exact) mass is 349 g/mol. The van der Waals surface area contributed by atoms with E-state index in [0.29, 0.717) is 18.2 Å². The van der Waals surface area contributed by atoms with Gasteiger partial charge in [0.1, 0.15) is 12.1 Å². The molecule has 1 aromatic carbocycles. The highest BCUT2D eigenvalue weighted by Gasteiger charge is 2.28. The topological polar surface area (TPSA) is 75.7 Å². The first-order valence-electron chi connectivity index (χ1n) is 9.48. The second kappa shape index (κ2) is 6.68. The molecule has 0 bridgehead atoms. The van der Waals surface area contributed by atoms with Crippen molar-refractivity contribution in [3.8, 4) is 0 Å². The Hall–Kier alpha value is -2.47. The zero-order chi connectivity index (χ0) is 17.3. The lowest BCUT2D eigenvalue weighted by molar-refractivity contribution is -0.0256. The molecule has 26 heavy (non-hydrogen) atoms. The minimum atomic E-state index is 0.356. The van der Waals surface area contributed by atoms with E-state index in [2.05, 4.69) is 49.7 Å². The van der Waals surface area contributed by atoms with Crippen LogP contribution in [0.2, 0.25) is 0 Å². The Morgan fingerprint density at radius 1 is 0.962 bits per heavy atom. The third kappa shape index (κ3) is 3.05. The molecule has 0 atom stereocenters. The van der Waals surface area contributed by atoms with Gasteiger partial charge in [0, 0.05) is 6.04 Å². The minimum absolute atomic E-state index is 0.356. The van der Waals surface area contributed by atoms with E-state index in [1.54, 1.807) is 12.5 Å². The molecule has 0 aliphatic heterocycles. The zero-order valence-electron chi connectivity index (χ0n) is 14.7. The van der Waals surface area contributed by atoms with Gasteiger partial charge in [-0.15, -0.1) is 0 Å². The molecule has 3 aromatic rings. The predicted molar refractivity (Wildman–Crippen MR) is 100 cm³/mol. The molecule has 2 aliphatic carbocycles. The fourth-order valence-electron chi connectivity index (χ4n) is 4.30. The number of aromatic nitrogens is 4. The van der Waals surface area contributed by atoms with Gasteiger partial charge in [-0.1, -0.05) is 24.3 Å². The van der Waals surface area contributed by atoms with Gasteiger partial charge < -0.3 is 10.1 Å². The molecular weight excluding hydrogens is 326 g/mol. The van der Waals surface area contributed by atoms with Gasteiger partial charge in [0.2, 0.25) is 0 Å². The van der Waals surface area contributed by atoms with Crippen molar-refractivity contribution < 1.29 is 4.74 Å². The summed E-state index contributed by atoms with van der Waals surface area (Å²) >= 11 is 0. The summed E-state index contributed by atoms with van der Waals surface area (Å²) in [5.41, 5.74) is 3.70. The molecule has 0 unspecified atom stereocenters. The van der Waals surface area contributed by atoms with E-state index >= 15 is 0 Å². The largest absolute Gasteiger partial charge is 0.374 e. The van der Waals surface area contributed by atoms with Crippen molar-refractivity contribution in [2.24, 2.45) is 0 Å². The minimum Gasteiger partial charge on any atom is -0.374 e. The van der Waals surface area contributed by atoms with Crippen molar-refractivity contribution in [1.29, 1.82) is 0 Å². The molecular formula is C20H23N5O. The molecule has 1 saturated carbocycles. The number of hydrogen-bond donors (Lipinski definition) is 2. The normalized spacial score (nSPS) is 23.2. The van der Waals surface area contributed by atoms with Gasteiger partial charge in [0.15, 0.2) is 5.65 Å². The molecule has 6 heteroatoms. The van der Waals surface area contributed by atoms with E-state index in [0.717, 1.165) is 55.4 Å². The van der Waals surface area contributed by atoms with E-state index in [1.165, 1.54) is 11.1 Å². The number of rotatable bonds is 4. The second-order valence-electron chi connectivity index (χ2n) is 7.41. The highest BCUT2D eigenvalue weighted by Crippen LogP contribution is 2.30. The summed E-state index contributed by atoms with van der Waals surface area (Å²) in [7, 11) is 0. The maximum absolute atomic E-state index is 6.42. The standard InChI is InChI=1S/C20H23N5O/c1-2-4-14-10-17(9-13(14)3-1)26-16-7-5-15(6-8-16)24-19-18-11-23-25-20(18)22-12-21-19/h1-4,11-12,15-17H,5-10H2,(H2,21,22,23,24,25). The highest BCUT2D eigenvalue weighted by atomic mass is 16.5. The molecule has 5 rings (SSSR count). The van der Waals surface area contributed by atoms with Crippen molar-refractivity contribution in [2.75, 3.05) is 5.32 Å². The van der Waals surface area contributed by atoms with Crippen molar-refractivity contribution in [2.45, 2.75) is 56.8 Å². The number of nitrogens with zero attached hydrogens (tertiary/aromatic N) is 3. The molecule has 2 N–H and O–H groups in total. The first-order chi connectivity index (χ1) is 12.8. The Morgan fingerprint density at radius 3 is 2.50 bits per heavy atom. The summed E-state index contributed by atoms with van der Waals surface area (Å²) in [6.07, 6.45) is 10.6. The number of ether oxygens (including phenoxy) is 1. The molecule has 134 valence electrons. The number of H-pyrrole nitrogens is 1. The molecule has 1 fully saturated rings. The molecule has 0 amide bonds. The molecule has 0 radical (unpaired) electrons. The highest BCUT2D eigenvalue weighted by molar-refractivity contribution is 5.85. The fraction of sp³-hybridized carbons (Fsp3) is 0.450. The molecule has 6 nitrogen and oxygen atoms in total. The Balaban J connectivity index is 1.15. The van der Waals surface area contributed by atoms with Crippen LogP contribution in [0.25, 0.3) is 11.0 Å². The van der Waals surface area contributed by atoms with Crippen molar-refractivity contribution in [3.05, 3.63) is 47.9 Å². The average molecular weight is 349 g/mol. The van der Waals surface area contributed by atoms with Gasteiger partial charge in [-0.05, 0) is 49.7 Å². The lowest BCUT2D eigenvalue weighted by atomic mass is 9.92. The SMILES string of the molecule is c1ccc2c(c1)CC(OC1CCC(Nc3ncnc4[nH]ncc34)CC1)C2. The van der Waals surface area contributed by atoms with Crippen LogP contribution in [0.3, 0.4) is 0 Å². The molecule has 0 spiro atoms. The van der Waals surface area contributed by atoms with Crippen LogP contribution >= 0.6 is 0 Å². The van der Waals surface area contributed by atoms with Crippen LogP contribution in [0.1, 0.15) is 36.8 Å². The van der Waals surface area contributed by atoms with Crippen molar-refractivity contribution in [3.63, 3.8) is 0 Å². The third-order valence-electron chi connectivity index (χ3n) is 5.66. The van der Waals surface area contributed by atoms with E-state index in [-0.39, 0.29) is 0 Å². The summed E-state index contributed by atoms with van der Waals surface area (Å²) in [5, 5.41) is 11.5. The van der Waals surface area contributed by atoms with Gasteiger partial charge in [0.25, 0.3) is 0 Å². The average Bonchev–Trinajstić information content (AvgIpc) is 3.30. The second-order valence-corrected chi connectivity index (χ2v) is 7.41. The smallest absolute Gasteiger partial charge is 0.160 e. The summed E-state index contributed by atoms with van der Waals surface area (Å²) in [5.74, 6) is 0.874. The van der Waals surface area contributed by atoms with Crippen LogP contribution in [0.15, 0.2) is 36.8 Å². The Morgan fingerprint density at radius 2 is 1.73 bits per heavy atom. The number of benzene rings is 1. The Kier molecular flexibility index (Phi) is 4.05. The summed E-state index contributed by atoms with van der Waals surface area (Å²) in [4.78, 5) is 8.58. The summed E-state index contributed by atoms with van der Waals surface area (Å²) in [6.45, 7) is 0. The van der Waals surface area contributed by atoms with Crippen LogP contribution in [0.4, 0.5) is 5.82 Å². The Labute approximate surface area is 152 Å². The number of anilines is 1. The number of aromatic amines is 1. The maximum atomic E-state index is 6.42. The van der Waals surface area contributed by atoms with E-state index in [4.69, 9.17) is 4.74 Å². The number of nitrogens with one attached hydrogen (secondary N) is 2. The number of fused-ring (bicyclic) bond motifs is 2. The van der Waals surface area contributed by atoms with Crippen LogP contribution in [-0.2, 0) is 17.6 Å². The predicted octanol–water partition coefficient (Wildman–Crippen LogP) is 3.26. The van der Waals surface area contributed by atoms with Gasteiger partial charge in [-0.2, -0.15) is 5.10 Å². The molecule has 2 heterocycles. The lowest BCUT2D eigenvalue weighted by Gasteiger charge is -2.31. The van der Waals surface area contributed by atoms with Crippen LogP contribution in [0.5, 0.6) is 0 Å². The number of hydrogen-bond acceptors (Lipinski definition) is 5. The van der Waals surface area contributed by atoms with Gasteiger partial charge in [-0.25, -0.2) is 9.97 Å². The summed E-state index contributed by atoms with van der Waals surface area (Å²) in [6, 6.07) is 9.16. The van der Waals surface area contributed by atoms with Crippen LogP contribution < -0.4 is 5.32 Å². The zero-order valence-corrected chi connectivity index (χ0v) is 14.7. The Bertz CT molecular complexity index is 875. The summed E-state index contributed by atoms with van der Waals surface area (Å²) < 4.78 is 6.42. The molecule has 0 saturated heterocycles. The van der Waals surface area contributed by atoms with Crippen molar-refractivity contribution >= 4 is 16.9 Å². The van der Waals surface area contributed by atoms with Gasteiger partial charge in [-0.3, -0.25) is 5.10 Å². The van der Waals surface area contributed by atoms with E-state index < -0.39 is 0 Å². The van der Waals surface area contributed by atoms with E-state index in [1.807, 2.05) is 0 Å². The van der Waals surface area contributed by atoms with Gasteiger partial charge >= 0.3 is 0 Å². The maximum Gasteiger partial charge on any atom is 0.160 e. The molecule has 2 aromatic heterocycles. The van der Waals surface area contributed by atoms with Crippen LogP contribution in [0, 0.1) is 0 Å². The first kappa shape index (κ1) is 15.8. The van der Waals surface area contributed by atoms with Crippen LogP contribution in [-0.4, -0.2) is 38.4 Å². The fourth-order valence-corrected chi connectivity index (χ4v) is 4.30. The molecule has 2 aliphatic rings. The first-order valence-corrected chi connectivity index (χ1v) is 9.48. The quantitative estimate of drug-likeness (QED) is 0.756.